The van der Waals surface area contributed by atoms with Gasteiger partial charge in [-0.1, -0.05) is 39.0 Å². The van der Waals surface area contributed by atoms with E-state index >= 15 is 0 Å². The van der Waals surface area contributed by atoms with Gasteiger partial charge in [-0.15, -0.1) is 0 Å². The summed E-state index contributed by atoms with van der Waals surface area (Å²) in [5.74, 6) is -1.84. The molecule has 0 N–H and O–H groups in total. The van der Waals surface area contributed by atoms with Gasteiger partial charge in [0.2, 0.25) is 0 Å². The number of para-hydroxylation sites is 1. The summed E-state index contributed by atoms with van der Waals surface area (Å²) in [6.07, 6.45) is 8.46. The standard InChI is InChI=1S/C35H43N2O6.C14H17N2O4.6CH3.2Sn/c1-4-6-8-9-10-13-25-42-32-20-18-29(19-21-32)34(40)37(36(27(3)38)23-22-33(39)43-24-7-5-2)35(41)31-17-16-28-14-11-12-15-30(28)26-31;1-4-8-13(18)16(11(2)17)15(3)14(19)20-12-9-6-5-7-10-12;;;;;;;;/h11-12,14-21,26H,3-10,13,22-25H2,1-2H3;5-7,9-10H,2,4,8H2,1,3H3;6*1H3;;. The van der Waals surface area contributed by atoms with Crippen LogP contribution in [0, 0.1) is 0 Å². The molecule has 71 heavy (non-hydrogen) atoms. The minimum atomic E-state index is -2.77. The van der Waals surface area contributed by atoms with Crippen LogP contribution >= 0.6 is 0 Å². The average molecular weight is 1190 g/mol. The van der Waals surface area contributed by atoms with Crippen molar-refractivity contribution in [3.8, 4) is 11.5 Å². The quantitative estimate of drug-likeness (QED) is 0.0230. The van der Waals surface area contributed by atoms with E-state index in [1.807, 2.05) is 44.2 Å². The van der Waals surface area contributed by atoms with Crippen molar-refractivity contribution in [3.63, 3.8) is 0 Å². The van der Waals surface area contributed by atoms with Gasteiger partial charge in [0.15, 0.2) is 0 Å². The number of nitrogens with zero attached hydrogens (tertiary/aromatic N) is 4. The fourth-order valence-electron chi connectivity index (χ4n) is 7.18. The summed E-state index contributed by atoms with van der Waals surface area (Å²) in [6, 6.07) is 28.1. The van der Waals surface area contributed by atoms with Gasteiger partial charge in [-0.05, 0) is 0 Å². The number of hydrazine groups is 2. The Labute approximate surface area is 430 Å². The Balaban J connectivity index is 0.000000466. The molecule has 0 radical (unpaired) electrons. The van der Waals surface area contributed by atoms with Crippen molar-refractivity contribution in [1.29, 1.82) is 0 Å². The number of benzene rings is 4. The molecule has 0 fully saturated rings. The second-order valence-corrected chi connectivity index (χ2v) is 51.2. The van der Waals surface area contributed by atoms with Crippen molar-refractivity contribution in [2.24, 2.45) is 0 Å². The normalized spacial score (nSPS) is 11.1. The fourth-order valence-corrected chi connectivity index (χ4v) is 13.3. The Morgan fingerprint density at radius 1 is 0.507 bits per heavy atom. The molecule has 0 saturated carbocycles. The van der Waals surface area contributed by atoms with E-state index in [4.69, 9.17) is 14.2 Å². The first-order valence-electron chi connectivity index (χ1n) is 25.1. The fraction of sp³-hybridized carbons (Fsp3) is 0.473. The summed E-state index contributed by atoms with van der Waals surface area (Å²) in [6.45, 7) is 6.77. The zero-order valence-electron chi connectivity index (χ0n) is 43.9. The monoisotopic (exact) mass is 1190 g/mol. The summed E-state index contributed by atoms with van der Waals surface area (Å²) in [4.78, 5) is 105. The van der Waals surface area contributed by atoms with Gasteiger partial charge in [0.25, 0.3) is 0 Å². The first-order chi connectivity index (χ1) is 33.7. The molecule has 4 rings (SSSR count). The summed E-state index contributed by atoms with van der Waals surface area (Å²) < 4.78 is 17.1. The molecule has 14 nitrogen and oxygen atoms in total. The van der Waals surface area contributed by atoms with E-state index in [-0.39, 0.29) is 59.3 Å². The van der Waals surface area contributed by atoms with Crippen molar-refractivity contribution in [3.05, 3.63) is 108 Å². The molecule has 0 aliphatic heterocycles. The van der Waals surface area contributed by atoms with Crippen LogP contribution in [0.2, 0.25) is 38.5 Å². The second-order valence-electron chi connectivity index (χ2n) is 20.0. The molecule has 0 aliphatic carbocycles. The van der Waals surface area contributed by atoms with E-state index in [0.29, 0.717) is 29.0 Å². The van der Waals surface area contributed by atoms with Crippen LogP contribution in [0.5, 0.6) is 11.5 Å². The van der Waals surface area contributed by atoms with Crippen LogP contribution < -0.4 is 9.47 Å². The number of esters is 1. The molecule has 0 aliphatic rings. The third-order valence-electron chi connectivity index (χ3n) is 10.9. The summed E-state index contributed by atoms with van der Waals surface area (Å²) in [5.41, 5.74) is 0.493. The SMILES string of the molecule is CCCC(=O)N(C(=O)[CH2][Sn]([CH3])([CH3])[CH3])N(C)C(=O)Oc1ccccc1.CCCCCCCCOc1ccc(C(=O)N(C(=O)c2ccc3ccccc3c2)N(CCC(=O)OCCCC)C(=O)[CH2][Sn]([CH3])([CH3])[CH3])cc1. The topological polar surface area (TPSA) is 160 Å². The van der Waals surface area contributed by atoms with Crippen molar-refractivity contribution in [1.82, 2.24) is 20.0 Å². The molecule has 0 saturated heterocycles. The number of ether oxygens (including phenoxy) is 3. The molecule has 0 aromatic heterocycles. The summed E-state index contributed by atoms with van der Waals surface area (Å²) >= 11 is -5.23. The van der Waals surface area contributed by atoms with Gasteiger partial charge < -0.3 is 0 Å². The predicted molar refractivity (Wildman–Crippen MR) is 285 cm³/mol. The van der Waals surface area contributed by atoms with Crippen molar-refractivity contribution in [2.75, 3.05) is 26.8 Å². The number of amides is 6. The third kappa shape index (κ3) is 21.7. The zero-order chi connectivity index (χ0) is 52.6. The first-order valence-corrected chi connectivity index (χ1v) is 46.3. The molecule has 4 aromatic carbocycles. The Hall–Kier alpha value is -4.97. The number of carbonyl (C=O) groups is 7. The zero-order valence-corrected chi connectivity index (χ0v) is 49.6. The molecule has 0 heterocycles. The van der Waals surface area contributed by atoms with E-state index in [1.165, 1.54) is 37.7 Å². The van der Waals surface area contributed by atoms with E-state index in [2.05, 4.69) is 36.6 Å². The molecule has 0 bridgehead atoms. The molecular weight excluding hydrogens is 1110 g/mol. The predicted octanol–water partition coefficient (Wildman–Crippen LogP) is 12.2. The van der Waals surface area contributed by atoms with Crippen LogP contribution in [0.4, 0.5) is 4.79 Å². The van der Waals surface area contributed by atoms with Gasteiger partial charge in [0.05, 0.1) is 0 Å². The Morgan fingerprint density at radius 2 is 1.07 bits per heavy atom. The molecule has 0 spiro atoms. The van der Waals surface area contributed by atoms with Crippen molar-refractivity contribution < 1.29 is 47.8 Å². The Kier molecular flexibility index (Phi) is 26.2. The van der Waals surface area contributed by atoms with Gasteiger partial charge in [0, 0.05) is 0 Å². The molecule has 16 heteroatoms. The third-order valence-corrected chi connectivity index (χ3v) is 18.7. The average Bonchev–Trinajstić information content (AvgIpc) is 3.31. The van der Waals surface area contributed by atoms with Gasteiger partial charge in [-0.25, -0.2) is 0 Å². The molecule has 4 aromatic rings. The number of hydrogen-bond donors (Lipinski definition) is 0. The Bertz CT molecular complexity index is 2350. The van der Waals surface area contributed by atoms with E-state index < -0.39 is 60.6 Å². The summed E-state index contributed by atoms with van der Waals surface area (Å²) in [7, 11) is 1.38. The molecule has 6 amide bonds. The van der Waals surface area contributed by atoms with Crippen LogP contribution in [0.15, 0.2) is 97.1 Å². The Morgan fingerprint density at radius 3 is 1.69 bits per heavy atom. The number of carbonyl (C=O) groups excluding carboxylic acids is 7. The minimum absolute atomic E-state index is 0.144. The summed E-state index contributed by atoms with van der Waals surface area (Å²) in [5, 5.41) is 5.80. The number of imide groups is 2. The van der Waals surface area contributed by atoms with Crippen LogP contribution in [0.25, 0.3) is 10.8 Å². The van der Waals surface area contributed by atoms with E-state index in [9.17, 15) is 33.6 Å². The van der Waals surface area contributed by atoms with Gasteiger partial charge >= 0.3 is 394 Å². The van der Waals surface area contributed by atoms with Crippen LogP contribution in [0.3, 0.4) is 0 Å². The van der Waals surface area contributed by atoms with Crippen LogP contribution in [-0.4, -0.2) is 125 Å². The number of unbranched alkanes of at least 4 members (excludes halogenated alkanes) is 6. The number of hydrogen-bond acceptors (Lipinski definition) is 10. The second kappa shape index (κ2) is 30.8. The molecule has 0 atom stereocenters. The van der Waals surface area contributed by atoms with Crippen molar-refractivity contribution in [2.45, 2.75) is 130 Å². The van der Waals surface area contributed by atoms with Crippen LogP contribution in [-0.2, 0) is 23.9 Å². The molecule has 386 valence electrons. The van der Waals surface area contributed by atoms with E-state index in [1.54, 1.807) is 66.7 Å². The number of rotatable bonds is 23. The van der Waals surface area contributed by atoms with Gasteiger partial charge in [-0.2, -0.15) is 0 Å². The van der Waals surface area contributed by atoms with Crippen molar-refractivity contribution >= 4 is 89.1 Å². The molecule has 0 unspecified atom stereocenters. The molecular formula is C55H78N4O10Sn2. The van der Waals surface area contributed by atoms with E-state index in [0.717, 1.165) is 51.5 Å². The van der Waals surface area contributed by atoms with Gasteiger partial charge in [0.1, 0.15) is 0 Å². The maximum atomic E-state index is 14.3. The first kappa shape index (κ1) is 60.3. The van der Waals surface area contributed by atoms with Gasteiger partial charge in [-0.3, -0.25) is 0 Å². The number of fused-ring (bicyclic) bond motifs is 1. The maximum absolute atomic E-state index is 14.3. The van der Waals surface area contributed by atoms with Crippen LogP contribution in [0.1, 0.15) is 112 Å².